The van der Waals surface area contributed by atoms with Crippen LogP contribution in [0.3, 0.4) is 0 Å². The van der Waals surface area contributed by atoms with Crippen molar-refractivity contribution in [3.8, 4) is 0 Å². The zero-order valence-electron chi connectivity index (χ0n) is 19.5. The van der Waals surface area contributed by atoms with Gasteiger partial charge in [-0.15, -0.1) is 0 Å². The summed E-state index contributed by atoms with van der Waals surface area (Å²) in [5.74, 6) is -0.598. The van der Waals surface area contributed by atoms with Gasteiger partial charge in [-0.25, -0.2) is 9.18 Å². The van der Waals surface area contributed by atoms with Crippen LogP contribution >= 0.6 is 0 Å². The first-order chi connectivity index (χ1) is 16.0. The smallest absolute Gasteiger partial charge is 0.330 e. The molecule has 1 N–H and O–H groups in total. The zero-order valence-corrected chi connectivity index (χ0v) is 19.5. The van der Waals surface area contributed by atoms with E-state index in [-0.39, 0.29) is 24.5 Å². The van der Waals surface area contributed by atoms with E-state index in [9.17, 15) is 14.3 Å². The molecule has 0 spiro atoms. The lowest BCUT2D eigenvalue weighted by Gasteiger charge is -2.27. The predicted octanol–water partition coefficient (Wildman–Crippen LogP) is 4.55. The van der Waals surface area contributed by atoms with Crippen LogP contribution in [-0.2, 0) is 20.7 Å². The summed E-state index contributed by atoms with van der Waals surface area (Å²) in [4.78, 5) is 13.9. The third-order valence-corrected chi connectivity index (χ3v) is 5.99. The van der Waals surface area contributed by atoms with E-state index < -0.39 is 6.10 Å². The van der Waals surface area contributed by atoms with Gasteiger partial charge in [0.1, 0.15) is 5.82 Å². The van der Waals surface area contributed by atoms with Gasteiger partial charge in [0.25, 0.3) is 0 Å². The molecular formula is C27H34FNO4. The van der Waals surface area contributed by atoms with Gasteiger partial charge in [0.05, 0.1) is 25.4 Å². The summed E-state index contributed by atoms with van der Waals surface area (Å²) < 4.78 is 24.1. The minimum Gasteiger partial charge on any atom is -0.463 e. The Morgan fingerprint density at radius 2 is 2.00 bits per heavy atom. The number of β-amino-alcohol motifs (C(OH)–C–C–N with tert-alkyl or cyclic N) is 1. The number of aliphatic hydroxyl groups is 1. The van der Waals surface area contributed by atoms with Crippen LogP contribution in [0, 0.1) is 5.82 Å². The number of halogens is 1. The fraction of sp³-hybridized carbons (Fsp3) is 0.444. The van der Waals surface area contributed by atoms with E-state index in [0.717, 1.165) is 42.5 Å². The van der Waals surface area contributed by atoms with Crippen LogP contribution in [0.15, 0.2) is 54.6 Å². The number of aliphatic hydroxyl groups excluding tert-OH is 1. The Morgan fingerprint density at radius 1 is 1.24 bits per heavy atom. The molecule has 6 heteroatoms. The van der Waals surface area contributed by atoms with Crippen LogP contribution in [0.25, 0.3) is 6.08 Å². The van der Waals surface area contributed by atoms with Crippen molar-refractivity contribution in [1.82, 2.24) is 4.90 Å². The molecule has 0 unspecified atom stereocenters. The highest BCUT2D eigenvalue weighted by Crippen LogP contribution is 2.24. The highest BCUT2D eigenvalue weighted by molar-refractivity contribution is 5.87. The Kier molecular flexibility index (Phi) is 9.61. The second-order valence-electron chi connectivity index (χ2n) is 8.47. The van der Waals surface area contributed by atoms with Crippen molar-refractivity contribution in [3.05, 3.63) is 77.1 Å². The highest BCUT2D eigenvalue weighted by atomic mass is 19.1. The molecule has 0 aliphatic carbocycles. The van der Waals surface area contributed by atoms with Gasteiger partial charge in [0.2, 0.25) is 0 Å². The standard InChI is InChI=1S/C27H34FNO4/c1-3-32-27(31)15-12-22-7-4-5-9-26(22)20(2)33-19-25(30)18-29-16-6-8-24(29)17-21-10-13-23(28)14-11-21/h4-5,7,9-15,20,24-25,30H,3,6,8,16-19H2,1-2H3/b15-12+/t20-,24+,25-/m1/s1. The molecule has 0 bridgehead atoms. The molecule has 2 aromatic rings. The lowest BCUT2D eigenvalue weighted by Crippen LogP contribution is -2.39. The summed E-state index contributed by atoms with van der Waals surface area (Å²) in [5.41, 5.74) is 2.94. The molecule has 0 amide bonds. The van der Waals surface area contributed by atoms with E-state index >= 15 is 0 Å². The van der Waals surface area contributed by atoms with Crippen molar-refractivity contribution < 1.29 is 23.8 Å². The molecule has 3 atom stereocenters. The maximum absolute atomic E-state index is 13.2. The van der Waals surface area contributed by atoms with Crippen molar-refractivity contribution in [2.24, 2.45) is 0 Å². The van der Waals surface area contributed by atoms with Crippen LogP contribution < -0.4 is 0 Å². The molecule has 1 aliphatic heterocycles. The Labute approximate surface area is 195 Å². The van der Waals surface area contributed by atoms with Crippen LogP contribution in [0.5, 0.6) is 0 Å². The third-order valence-electron chi connectivity index (χ3n) is 5.99. The summed E-state index contributed by atoms with van der Waals surface area (Å²) in [6.07, 6.45) is 5.31. The number of hydrogen-bond acceptors (Lipinski definition) is 5. The SMILES string of the molecule is CCOC(=O)/C=C/c1ccccc1[C@@H](C)OC[C@H](O)CN1CCC[C@H]1Cc1ccc(F)cc1. The summed E-state index contributed by atoms with van der Waals surface area (Å²) >= 11 is 0. The lowest BCUT2D eigenvalue weighted by atomic mass is 10.0. The Bertz CT molecular complexity index is 915. The monoisotopic (exact) mass is 455 g/mol. The predicted molar refractivity (Wildman–Crippen MR) is 127 cm³/mol. The molecule has 2 aromatic carbocycles. The Balaban J connectivity index is 1.51. The van der Waals surface area contributed by atoms with Gasteiger partial charge >= 0.3 is 5.97 Å². The highest BCUT2D eigenvalue weighted by Gasteiger charge is 2.26. The number of nitrogens with zero attached hydrogens (tertiary/aromatic N) is 1. The van der Waals surface area contributed by atoms with Gasteiger partial charge in [-0.2, -0.15) is 0 Å². The molecule has 0 radical (unpaired) electrons. The molecule has 1 saturated heterocycles. The van der Waals surface area contributed by atoms with Gasteiger partial charge < -0.3 is 14.6 Å². The van der Waals surface area contributed by atoms with Crippen LogP contribution in [0.1, 0.15) is 49.5 Å². The number of ether oxygens (including phenoxy) is 2. The number of carbonyl (C=O) groups is 1. The average Bonchev–Trinajstić information content (AvgIpc) is 3.24. The minimum atomic E-state index is -0.608. The number of carbonyl (C=O) groups excluding carboxylic acids is 1. The zero-order chi connectivity index (χ0) is 23.6. The van der Waals surface area contributed by atoms with Gasteiger partial charge in [0.15, 0.2) is 0 Å². The van der Waals surface area contributed by atoms with Crippen molar-refractivity contribution >= 4 is 12.0 Å². The second-order valence-corrected chi connectivity index (χ2v) is 8.47. The maximum Gasteiger partial charge on any atom is 0.330 e. The molecule has 33 heavy (non-hydrogen) atoms. The lowest BCUT2D eigenvalue weighted by molar-refractivity contribution is -0.137. The molecular weight excluding hydrogens is 421 g/mol. The number of benzene rings is 2. The summed E-state index contributed by atoms with van der Waals surface area (Å²) in [7, 11) is 0. The average molecular weight is 456 g/mol. The number of hydrogen-bond donors (Lipinski definition) is 1. The molecule has 1 heterocycles. The molecule has 3 rings (SSSR count). The number of esters is 1. The van der Waals surface area contributed by atoms with Crippen LogP contribution in [0.2, 0.25) is 0 Å². The quantitative estimate of drug-likeness (QED) is 0.398. The van der Waals surface area contributed by atoms with Crippen molar-refractivity contribution in [3.63, 3.8) is 0 Å². The second kappa shape index (κ2) is 12.6. The van der Waals surface area contributed by atoms with Crippen LogP contribution in [0.4, 0.5) is 4.39 Å². The van der Waals surface area contributed by atoms with E-state index in [4.69, 9.17) is 9.47 Å². The molecule has 0 aromatic heterocycles. The van der Waals surface area contributed by atoms with E-state index in [1.807, 2.05) is 43.3 Å². The normalized spacial score (nSPS) is 18.5. The molecule has 178 valence electrons. The number of likely N-dealkylation sites (tertiary alicyclic amines) is 1. The van der Waals surface area contributed by atoms with Gasteiger partial charge in [-0.05, 0) is 74.6 Å². The minimum absolute atomic E-state index is 0.219. The van der Waals surface area contributed by atoms with E-state index in [1.165, 1.54) is 18.2 Å². The van der Waals surface area contributed by atoms with Crippen molar-refractivity contribution in [2.75, 3.05) is 26.3 Å². The first-order valence-corrected chi connectivity index (χ1v) is 11.7. The number of rotatable bonds is 11. The fourth-order valence-corrected chi connectivity index (χ4v) is 4.31. The molecule has 0 saturated carbocycles. The van der Waals surface area contributed by atoms with Gasteiger partial charge in [-0.1, -0.05) is 36.4 Å². The summed E-state index contributed by atoms with van der Waals surface area (Å²) in [6.45, 7) is 5.76. The Hall–Kier alpha value is -2.54. The van der Waals surface area contributed by atoms with E-state index in [2.05, 4.69) is 4.90 Å². The van der Waals surface area contributed by atoms with Gasteiger partial charge in [0, 0.05) is 18.7 Å². The topological polar surface area (TPSA) is 59.0 Å². The Morgan fingerprint density at radius 3 is 2.76 bits per heavy atom. The van der Waals surface area contributed by atoms with Crippen molar-refractivity contribution in [2.45, 2.75) is 51.4 Å². The van der Waals surface area contributed by atoms with Crippen molar-refractivity contribution in [1.29, 1.82) is 0 Å². The summed E-state index contributed by atoms with van der Waals surface area (Å²) in [5, 5.41) is 10.6. The first kappa shape index (κ1) is 25.1. The third kappa shape index (κ3) is 7.77. The first-order valence-electron chi connectivity index (χ1n) is 11.7. The molecule has 1 aliphatic rings. The molecule has 5 nitrogen and oxygen atoms in total. The van der Waals surface area contributed by atoms with Gasteiger partial charge in [-0.3, -0.25) is 4.90 Å². The summed E-state index contributed by atoms with van der Waals surface area (Å²) in [6, 6.07) is 14.7. The van der Waals surface area contributed by atoms with E-state index in [1.54, 1.807) is 13.0 Å². The maximum atomic E-state index is 13.2. The van der Waals surface area contributed by atoms with E-state index in [0.29, 0.717) is 19.2 Å². The van der Waals surface area contributed by atoms with Crippen LogP contribution in [-0.4, -0.2) is 54.4 Å². The largest absolute Gasteiger partial charge is 0.463 e. The fourth-order valence-electron chi connectivity index (χ4n) is 4.31. The molecule has 1 fully saturated rings.